The summed E-state index contributed by atoms with van der Waals surface area (Å²) in [5.74, 6) is -0.284. The van der Waals surface area contributed by atoms with Gasteiger partial charge in [-0.15, -0.1) is 0 Å². The highest BCUT2D eigenvalue weighted by Crippen LogP contribution is 2.35. The summed E-state index contributed by atoms with van der Waals surface area (Å²) in [6.07, 6.45) is 1.24. The van der Waals surface area contributed by atoms with E-state index in [1.807, 2.05) is 0 Å². The molecule has 6 heteroatoms. The van der Waals surface area contributed by atoms with Gasteiger partial charge in [0, 0.05) is 28.7 Å². The van der Waals surface area contributed by atoms with Gasteiger partial charge in [-0.05, 0) is 25.0 Å². The molecule has 0 atom stereocenters. The van der Waals surface area contributed by atoms with E-state index in [-0.39, 0.29) is 5.91 Å². The molecule has 1 aromatic carbocycles. The molecule has 1 aromatic rings. The summed E-state index contributed by atoms with van der Waals surface area (Å²) in [5, 5.41) is 1.08. The maximum Gasteiger partial charge on any atom is 0.259 e. The molecule has 1 fully saturated rings. The van der Waals surface area contributed by atoms with Crippen molar-refractivity contribution >= 4 is 52.3 Å². The van der Waals surface area contributed by atoms with E-state index in [2.05, 4.69) is 0 Å². The summed E-state index contributed by atoms with van der Waals surface area (Å²) in [6.45, 7) is 0.945. The zero-order valence-corrected chi connectivity index (χ0v) is 12.5. The van der Waals surface area contributed by atoms with Crippen molar-refractivity contribution < 1.29 is 4.79 Å². The summed E-state index contributed by atoms with van der Waals surface area (Å²) < 4.78 is -1.33. The molecule has 1 amide bonds. The van der Waals surface area contributed by atoms with Crippen molar-refractivity contribution in [3.05, 3.63) is 33.8 Å². The minimum atomic E-state index is -1.33. The second kappa shape index (κ2) is 5.46. The number of carbonyl (C=O) groups excluding carboxylic acids is 1. The lowest BCUT2D eigenvalue weighted by Crippen LogP contribution is -2.46. The van der Waals surface area contributed by atoms with Crippen LogP contribution in [0.2, 0.25) is 10.0 Å². The number of benzene rings is 1. The van der Waals surface area contributed by atoms with E-state index < -0.39 is 4.33 Å². The Morgan fingerprint density at radius 1 is 1.22 bits per heavy atom. The van der Waals surface area contributed by atoms with Gasteiger partial charge >= 0.3 is 0 Å². The van der Waals surface area contributed by atoms with E-state index in [4.69, 9.17) is 46.4 Å². The van der Waals surface area contributed by atoms with Crippen LogP contribution >= 0.6 is 46.4 Å². The van der Waals surface area contributed by atoms with Gasteiger partial charge in [0.1, 0.15) is 0 Å². The van der Waals surface area contributed by atoms with Gasteiger partial charge in [0.25, 0.3) is 5.91 Å². The molecule has 1 heterocycles. The van der Waals surface area contributed by atoms with E-state index in [1.54, 1.807) is 23.1 Å². The van der Waals surface area contributed by atoms with Gasteiger partial charge < -0.3 is 4.90 Å². The fourth-order valence-electron chi connectivity index (χ4n) is 1.96. The summed E-state index contributed by atoms with van der Waals surface area (Å²) >= 11 is 24.1. The molecule has 0 N–H and O–H groups in total. The molecule has 0 saturated carbocycles. The average Bonchev–Trinajstić information content (AvgIpc) is 2.29. The first-order chi connectivity index (χ1) is 8.42. The Hall–Kier alpha value is -0.150. The molecule has 1 aliphatic heterocycles. The number of carbonyl (C=O) groups is 1. The molecule has 1 saturated heterocycles. The standard InChI is InChI=1S/C12H11Cl4NO/c13-9-3-1-4-10(14)8(9)7-17-6-2-5-12(15,16)11(17)18/h1,3-4H,2,5-7H2. The predicted octanol–water partition coefficient (Wildman–Crippen LogP) is 4.29. The minimum absolute atomic E-state index is 0.284. The van der Waals surface area contributed by atoms with Gasteiger partial charge in [0.2, 0.25) is 0 Å². The fourth-order valence-corrected chi connectivity index (χ4v) is 2.98. The van der Waals surface area contributed by atoms with Gasteiger partial charge in [-0.25, -0.2) is 0 Å². The molecule has 2 rings (SSSR count). The Morgan fingerprint density at radius 2 is 1.83 bits per heavy atom. The number of hydrogen-bond donors (Lipinski definition) is 0. The summed E-state index contributed by atoms with van der Waals surface area (Å²) in [6, 6.07) is 5.25. The van der Waals surface area contributed by atoms with Crippen molar-refractivity contribution in [2.45, 2.75) is 23.7 Å². The van der Waals surface area contributed by atoms with Gasteiger partial charge in [0.15, 0.2) is 4.33 Å². The Morgan fingerprint density at radius 3 is 2.44 bits per heavy atom. The number of halogens is 4. The van der Waals surface area contributed by atoms with Gasteiger partial charge in [-0.1, -0.05) is 52.5 Å². The molecule has 98 valence electrons. The molecule has 0 spiro atoms. The smallest absolute Gasteiger partial charge is 0.259 e. The summed E-state index contributed by atoms with van der Waals surface area (Å²) in [7, 11) is 0. The van der Waals surface area contributed by atoms with Gasteiger partial charge in [-0.3, -0.25) is 4.79 Å². The predicted molar refractivity (Wildman–Crippen MR) is 75.6 cm³/mol. The second-order valence-electron chi connectivity index (χ2n) is 4.23. The Labute approximate surface area is 126 Å². The summed E-state index contributed by atoms with van der Waals surface area (Å²) in [5.41, 5.74) is 0.722. The number of hydrogen-bond acceptors (Lipinski definition) is 1. The quantitative estimate of drug-likeness (QED) is 0.742. The molecule has 0 radical (unpaired) electrons. The van der Waals surface area contributed by atoms with Crippen LogP contribution < -0.4 is 0 Å². The van der Waals surface area contributed by atoms with Crippen LogP contribution in [0.25, 0.3) is 0 Å². The van der Waals surface area contributed by atoms with E-state index in [0.717, 1.165) is 12.0 Å². The molecule has 0 aliphatic carbocycles. The number of amides is 1. The zero-order chi connectivity index (χ0) is 13.3. The highest BCUT2D eigenvalue weighted by molar-refractivity contribution is 6.58. The van der Waals surface area contributed by atoms with Gasteiger partial charge in [0.05, 0.1) is 0 Å². The Balaban J connectivity index is 2.21. The third kappa shape index (κ3) is 2.88. The van der Waals surface area contributed by atoms with Gasteiger partial charge in [-0.2, -0.15) is 0 Å². The van der Waals surface area contributed by atoms with Crippen molar-refractivity contribution in [2.24, 2.45) is 0 Å². The lowest BCUT2D eigenvalue weighted by atomic mass is 10.1. The molecule has 18 heavy (non-hydrogen) atoms. The molecule has 0 unspecified atom stereocenters. The Kier molecular flexibility index (Phi) is 4.32. The zero-order valence-electron chi connectivity index (χ0n) is 9.43. The molecular weight excluding hydrogens is 316 g/mol. The fraction of sp³-hybridized carbons (Fsp3) is 0.417. The maximum absolute atomic E-state index is 12.0. The van der Waals surface area contributed by atoms with E-state index in [1.165, 1.54) is 0 Å². The highest BCUT2D eigenvalue weighted by Gasteiger charge is 2.40. The van der Waals surface area contributed by atoms with Crippen LogP contribution in [0, 0.1) is 0 Å². The lowest BCUT2D eigenvalue weighted by molar-refractivity contribution is -0.134. The van der Waals surface area contributed by atoms with Crippen molar-refractivity contribution in [1.29, 1.82) is 0 Å². The lowest BCUT2D eigenvalue weighted by Gasteiger charge is -2.34. The van der Waals surface area contributed by atoms with Crippen LogP contribution in [0.4, 0.5) is 0 Å². The van der Waals surface area contributed by atoms with E-state index >= 15 is 0 Å². The number of likely N-dealkylation sites (tertiary alicyclic amines) is 1. The van der Waals surface area contributed by atoms with Crippen molar-refractivity contribution in [2.75, 3.05) is 6.54 Å². The largest absolute Gasteiger partial charge is 0.336 e. The molecular formula is C12H11Cl4NO. The van der Waals surface area contributed by atoms with E-state index in [0.29, 0.717) is 29.6 Å². The molecule has 1 aliphatic rings. The van der Waals surface area contributed by atoms with Crippen LogP contribution in [0.15, 0.2) is 18.2 Å². The number of rotatable bonds is 2. The van der Waals surface area contributed by atoms with E-state index in [9.17, 15) is 4.79 Å². The summed E-state index contributed by atoms with van der Waals surface area (Å²) in [4.78, 5) is 13.6. The van der Waals surface area contributed by atoms with Crippen molar-refractivity contribution in [3.8, 4) is 0 Å². The highest BCUT2D eigenvalue weighted by atomic mass is 35.5. The second-order valence-corrected chi connectivity index (χ2v) is 6.53. The number of alkyl halides is 2. The van der Waals surface area contributed by atoms with Crippen LogP contribution in [-0.4, -0.2) is 21.7 Å². The molecule has 2 nitrogen and oxygen atoms in total. The molecule has 0 aromatic heterocycles. The Bertz CT molecular complexity index is 455. The first kappa shape index (κ1) is 14.3. The SMILES string of the molecule is O=C1N(Cc2c(Cl)cccc2Cl)CCCC1(Cl)Cl. The minimum Gasteiger partial charge on any atom is -0.336 e. The van der Waals surface area contributed by atoms with Crippen LogP contribution in [0.1, 0.15) is 18.4 Å². The van der Waals surface area contributed by atoms with Crippen molar-refractivity contribution in [1.82, 2.24) is 4.90 Å². The first-order valence-electron chi connectivity index (χ1n) is 5.52. The average molecular weight is 327 g/mol. The first-order valence-corrected chi connectivity index (χ1v) is 7.03. The topological polar surface area (TPSA) is 20.3 Å². The van der Waals surface area contributed by atoms with Crippen LogP contribution in [0.5, 0.6) is 0 Å². The van der Waals surface area contributed by atoms with Crippen LogP contribution in [0.3, 0.4) is 0 Å². The van der Waals surface area contributed by atoms with Crippen molar-refractivity contribution in [3.63, 3.8) is 0 Å². The number of nitrogens with zero attached hydrogens (tertiary/aromatic N) is 1. The normalized spacial score (nSPS) is 19.1. The maximum atomic E-state index is 12.0. The monoisotopic (exact) mass is 325 g/mol. The molecule has 0 bridgehead atoms. The van der Waals surface area contributed by atoms with Crippen LogP contribution in [-0.2, 0) is 11.3 Å². The number of piperidine rings is 1. The third-order valence-electron chi connectivity index (χ3n) is 2.93. The third-order valence-corrected chi connectivity index (χ3v) is 4.34.